The van der Waals surface area contributed by atoms with E-state index in [9.17, 15) is 0 Å². The Hall–Kier alpha value is -2.43. The Morgan fingerprint density at radius 3 is 2.33 bits per heavy atom. The third kappa shape index (κ3) is 1.90. The maximum atomic E-state index is 9.04. The van der Waals surface area contributed by atoms with Gasteiger partial charge in [0.25, 0.3) is 0 Å². The molecule has 0 spiro atoms. The van der Waals surface area contributed by atoms with Crippen LogP contribution in [0, 0.1) is 22.7 Å². The molecule has 88 valence electrons. The summed E-state index contributed by atoms with van der Waals surface area (Å²) in [4.78, 5) is 5.14. The van der Waals surface area contributed by atoms with Crippen LogP contribution in [0.4, 0.5) is 0 Å². The van der Waals surface area contributed by atoms with Crippen LogP contribution >= 0.6 is 11.6 Å². The number of hydrogen-bond donors (Lipinski definition) is 0. The molecule has 5 heteroatoms. The van der Waals surface area contributed by atoms with Crippen LogP contribution in [0.25, 0.3) is 11.3 Å². The maximum absolute atomic E-state index is 9.04. The summed E-state index contributed by atoms with van der Waals surface area (Å²) in [5.74, 6) is 0. The minimum absolute atomic E-state index is 0.185. The third-order valence-corrected chi connectivity index (χ3v) is 2.76. The van der Waals surface area contributed by atoms with Crippen molar-refractivity contribution in [1.82, 2.24) is 4.73 Å². The molecule has 2 rings (SSSR count). The van der Waals surface area contributed by atoms with Crippen molar-refractivity contribution in [2.75, 3.05) is 7.11 Å². The molecule has 0 bridgehead atoms. The van der Waals surface area contributed by atoms with E-state index in [2.05, 4.69) is 0 Å². The molecule has 2 aromatic rings. The van der Waals surface area contributed by atoms with E-state index in [0.717, 1.165) is 5.56 Å². The van der Waals surface area contributed by atoms with Crippen LogP contribution in [0.2, 0.25) is 5.02 Å². The fraction of sp³-hybridized carbons (Fsp3) is 0.0769. The Morgan fingerprint density at radius 2 is 1.83 bits per heavy atom. The van der Waals surface area contributed by atoms with E-state index in [4.69, 9.17) is 27.0 Å². The van der Waals surface area contributed by atoms with E-state index in [0.29, 0.717) is 10.7 Å². The highest BCUT2D eigenvalue weighted by Crippen LogP contribution is 2.25. The van der Waals surface area contributed by atoms with E-state index in [-0.39, 0.29) is 11.3 Å². The highest BCUT2D eigenvalue weighted by atomic mass is 35.5. The maximum Gasteiger partial charge on any atom is 0.175 e. The predicted molar refractivity (Wildman–Crippen MR) is 66.8 cm³/mol. The summed E-state index contributed by atoms with van der Waals surface area (Å²) >= 11 is 5.82. The molecule has 0 unspecified atom stereocenters. The first-order valence-electron chi connectivity index (χ1n) is 5.07. The minimum Gasteiger partial charge on any atom is -0.416 e. The lowest BCUT2D eigenvalue weighted by atomic mass is 10.1. The second-order valence-electron chi connectivity index (χ2n) is 3.50. The lowest BCUT2D eigenvalue weighted by Crippen LogP contribution is -2.09. The molecule has 18 heavy (non-hydrogen) atoms. The van der Waals surface area contributed by atoms with Crippen LogP contribution in [-0.4, -0.2) is 11.8 Å². The molecule has 1 aromatic carbocycles. The van der Waals surface area contributed by atoms with Crippen molar-refractivity contribution in [3.63, 3.8) is 0 Å². The standard InChI is InChI=1S/C13H8ClN3O/c1-18-17-12(6-10(7-15)13(17)8-16)9-2-4-11(14)5-3-9/h2-6H,1H3. The fourth-order valence-corrected chi connectivity index (χ4v) is 1.82. The van der Waals surface area contributed by atoms with Crippen molar-refractivity contribution in [2.45, 2.75) is 0 Å². The molecule has 0 saturated carbocycles. The molecule has 1 aromatic heterocycles. The predicted octanol–water partition coefficient (Wildman–Crippen LogP) is 2.61. The van der Waals surface area contributed by atoms with Crippen molar-refractivity contribution in [1.29, 1.82) is 10.5 Å². The molecule has 4 nitrogen and oxygen atoms in total. The van der Waals surface area contributed by atoms with Crippen molar-refractivity contribution in [3.8, 4) is 23.4 Å². The van der Waals surface area contributed by atoms with Gasteiger partial charge in [0.15, 0.2) is 5.69 Å². The SMILES string of the molecule is COn1c(-c2ccc(Cl)cc2)cc(C#N)c1C#N. The second kappa shape index (κ2) is 4.83. The van der Waals surface area contributed by atoms with Crippen molar-refractivity contribution < 1.29 is 4.84 Å². The van der Waals surface area contributed by atoms with Gasteiger partial charge in [0.05, 0.1) is 11.3 Å². The average Bonchev–Trinajstić information content (AvgIpc) is 2.77. The smallest absolute Gasteiger partial charge is 0.175 e. The molecule has 0 fully saturated rings. The zero-order valence-corrected chi connectivity index (χ0v) is 10.3. The number of nitrogens with zero attached hydrogens (tertiary/aromatic N) is 3. The highest BCUT2D eigenvalue weighted by Gasteiger charge is 2.16. The van der Waals surface area contributed by atoms with Crippen LogP contribution in [0.15, 0.2) is 30.3 Å². The first-order chi connectivity index (χ1) is 8.71. The molecule has 0 atom stereocenters. The number of benzene rings is 1. The summed E-state index contributed by atoms with van der Waals surface area (Å²) in [5.41, 5.74) is 1.93. The van der Waals surface area contributed by atoms with E-state index in [1.807, 2.05) is 12.1 Å². The normalized spacial score (nSPS) is 9.56. The molecule has 0 radical (unpaired) electrons. The minimum atomic E-state index is 0.185. The van der Waals surface area contributed by atoms with Gasteiger partial charge < -0.3 is 4.84 Å². The van der Waals surface area contributed by atoms with Crippen LogP contribution in [0.3, 0.4) is 0 Å². The van der Waals surface area contributed by atoms with Crippen LogP contribution < -0.4 is 4.84 Å². The summed E-state index contributed by atoms with van der Waals surface area (Å²) in [6, 6.07) is 12.6. The Balaban J connectivity index is 2.65. The number of aromatic nitrogens is 1. The zero-order chi connectivity index (χ0) is 13.1. The molecule has 1 heterocycles. The van der Waals surface area contributed by atoms with Gasteiger partial charge in [0, 0.05) is 10.6 Å². The summed E-state index contributed by atoms with van der Waals surface area (Å²) in [6.45, 7) is 0. The fourth-order valence-electron chi connectivity index (χ4n) is 1.70. The molecule has 0 aliphatic carbocycles. The van der Waals surface area contributed by atoms with E-state index in [1.165, 1.54) is 11.8 Å². The Morgan fingerprint density at radius 1 is 1.17 bits per heavy atom. The second-order valence-corrected chi connectivity index (χ2v) is 3.94. The Bertz CT molecular complexity index is 659. The van der Waals surface area contributed by atoms with Gasteiger partial charge in [-0.15, -0.1) is 0 Å². The first kappa shape index (κ1) is 12.0. The van der Waals surface area contributed by atoms with E-state index in [1.54, 1.807) is 30.3 Å². The van der Waals surface area contributed by atoms with Crippen molar-refractivity contribution in [2.24, 2.45) is 0 Å². The summed E-state index contributed by atoms with van der Waals surface area (Å²) in [6.07, 6.45) is 0. The molecule has 0 aliphatic heterocycles. The lowest BCUT2D eigenvalue weighted by Gasteiger charge is -2.07. The quantitative estimate of drug-likeness (QED) is 0.831. The van der Waals surface area contributed by atoms with Gasteiger partial charge in [-0.25, -0.2) is 0 Å². The molecule has 0 aliphatic rings. The number of halogens is 1. The molecular weight excluding hydrogens is 250 g/mol. The number of rotatable bonds is 2. The van der Waals surface area contributed by atoms with Gasteiger partial charge in [0.2, 0.25) is 0 Å². The van der Waals surface area contributed by atoms with E-state index < -0.39 is 0 Å². The topological polar surface area (TPSA) is 61.7 Å². The Labute approximate surface area is 109 Å². The molecule has 0 amide bonds. The van der Waals surface area contributed by atoms with Gasteiger partial charge in [-0.05, 0) is 18.2 Å². The lowest BCUT2D eigenvalue weighted by molar-refractivity contribution is 0.170. The third-order valence-electron chi connectivity index (χ3n) is 2.51. The summed E-state index contributed by atoms with van der Waals surface area (Å²) < 4.78 is 1.34. The van der Waals surface area contributed by atoms with Crippen LogP contribution in [0.5, 0.6) is 0 Å². The highest BCUT2D eigenvalue weighted by molar-refractivity contribution is 6.30. The zero-order valence-electron chi connectivity index (χ0n) is 9.51. The van der Waals surface area contributed by atoms with Crippen molar-refractivity contribution >= 4 is 11.6 Å². The van der Waals surface area contributed by atoms with Crippen LogP contribution in [0.1, 0.15) is 11.3 Å². The van der Waals surface area contributed by atoms with E-state index >= 15 is 0 Å². The van der Waals surface area contributed by atoms with Gasteiger partial charge in [-0.2, -0.15) is 15.3 Å². The monoisotopic (exact) mass is 257 g/mol. The number of hydrogen-bond acceptors (Lipinski definition) is 3. The first-order valence-corrected chi connectivity index (χ1v) is 5.45. The molecule has 0 N–H and O–H groups in total. The van der Waals surface area contributed by atoms with Gasteiger partial charge in [-0.1, -0.05) is 23.7 Å². The number of nitriles is 2. The summed E-state index contributed by atoms with van der Waals surface area (Å²) in [5, 5.41) is 18.6. The molecular formula is C13H8ClN3O. The van der Waals surface area contributed by atoms with Gasteiger partial charge >= 0.3 is 0 Å². The largest absolute Gasteiger partial charge is 0.416 e. The van der Waals surface area contributed by atoms with Crippen molar-refractivity contribution in [3.05, 3.63) is 46.6 Å². The summed E-state index contributed by atoms with van der Waals surface area (Å²) in [7, 11) is 1.45. The molecule has 0 saturated heterocycles. The van der Waals surface area contributed by atoms with Crippen LogP contribution in [-0.2, 0) is 0 Å². The van der Waals surface area contributed by atoms with Gasteiger partial charge in [-0.3, -0.25) is 0 Å². The Kier molecular flexibility index (Phi) is 3.23. The average molecular weight is 258 g/mol. The van der Waals surface area contributed by atoms with Gasteiger partial charge in [0.1, 0.15) is 19.2 Å².